The third kappa shape index (κ3) is 22.7. The van der Waals surface area contributed by atoms with Crippen LogP contribution < -0.4 is 28.8 Å². The zero-order chi connectivity index (χ0) is 7.71. The van der Waals surface area contributed by atoms with Crippen LogP contribution in [0.4, 0.5) is 0 Å². The van der Waals surface area contributed by atoms with Gasteiger partial charge in [0.15, 0.2) is 0 Å². The summed E-state index contributed by atoms with van der Waals surface area (Å²) in [5, 5.41) is 0. The second-order valence-electron chi connectivity index (χ2n) is 1.10. The Hall–Kier alpha value is 2.06. The van der Waals surface area contributed by atoms with Gasteiger partial charge in [0.25, 0.3) is 0 Å². The molecule has 0 amide bonds. The summed E-state index contributed by atoms with van der Waals surface area (Å²) in [6.45, 7) is 0. The molecule has 0 atom stereocenters. The van der Waals surface area contributed by atoms with Gasteiger partial charge in [0.05, 0.1) is 0 Å². The fourth-order valence-corrected chi connectivity index (χ4v) is 1.38. The van der Waals surface area contributed by atoms with E-state index in [4.69, 9.17) is 0 Å². The predicted octanol–water partition coefficient (Wildman–Crippen LogP) is -9.11. The molecule has 56 valence electrons. The molecule has 0 saturated carbocycles. The van der Waals surface area contributed by atoms with E-state index in [1.54, 1.807) is 0 Å². The van der Waals surface area contributed by atoms with Gasteiger partial charge in [-0.25, -0.2) is 0 Å². The van der Waals surface area contributed by atoms with Gasteiger partial charge in [-0.2, -0.15) is 0 Å². The zero-order valence-electron chi connectivity index (χ0n) is 5.98. The molecule has 0 heterocycles. The van der Waals surface area contributed by atoms with Gasteiger partial charge < -0.3 is 32.9 Å². The van der Waals surface area contributed by atoms with E-state index in [1.165, 1.54) is 0 Å². The van der Waals surface area contributed by atoms with Crippen LogP contribution >= 0.6 is 0 Å². The van der Waals surface area contributed by atoms with Gasteiger partial charge in [-0.3, -0.25) is 0 Å². The van der Waals surface area contributed by atoms with E-state index in [0.717, 1.165) is 0 Å². The fourth-order valence-electron chi connectivity index (χ4n) is 0.153. The van der Waals surface area contributed by atoms with E-state index < -0.39 is 18.1 Å². The molecule has 0 N–H and O–H groups in total. The molecule has 0 radical (unpaired) electrons. The molecule has 0 aliphatic carbocycles. The summed E-state index contributed by atoms with van der Waals surface area (Å²) in [6, 6.07) is 0. The van der Waals surface area contributed by atoms with Crippen LogP contribution in [0.5, 0.6) is 0 Å². The third-order valence-electron chi connectivity index (χ3n) is 0.250. The first-order valence-electron chi connectivity index (χ1n) is 1.63. The Bertz CT molecular complexity index is 84.6. The van der Waals surface area contributed by atoms with Crippen LogP contribution in [0.3, 0.4) is 0 Å². The van der Waals surface area contributed by atoms with Gasteiger partial charge in [0.2, 0.25) is 0 Å². The normalized spacial score (nSPS) is 10.5. The Kier molecular flexibility index (Phi) is 16.5. The average Bonchev–Trinajstić information content (AvgIpc) is 1.14. The molecule has 7 nitrogen and oxygen atoms in total. The first-order valence-corrected chi connectivity index (χ1v) is 4.90. The monoisotopic (exact) mass is 324 g/mol. The van der Waals surface area contributed by atoms with Crippen LogP contribution in [0.1, 0.15) is 0 Å². The molecule has 0 aromatic carbocycles. The summed E-state index contributed by atoms with van der Waals surface area (Å²) in [5.41, 5.74) is 0. The minimum absolute atomic E-state index is 0. The van der Waals surface area contributed by atoms with Crippen molar-refractivity contribution >= 4 is 87.2 Å². The average molecular weight is 324 g/mol. The molecule has 0 saturated heterocycles. The SMILES string of the molecule is [Ba+2].[Be+2].[Be+2].[O-][Si]([O-])([O-])O[Si]([O-])([O-])[O-]. The summed E-state index contributed by atoms with van der Waals surface area (Å²) >= 11 is 0. The van der Waals surface area contributed by atoms with E-state index in [-0.39, 0.29) is 69.1 Å². The first-order chi connectivity index (χ1) is 3.71. The Morgan fingerprint density at radius 3 is 0.833 bits per heavy atom. The van der Waals surface area contributed by atoms with Crippen molar-refractivity contribution in [3.8, 4) is 0 Å². The molecule has 0 rings (SSSR count). The van der Waals surface area contributed by atoms with E-state index in [9.17, 15) is 28.8 Å². The molecule has 0 aliphatic heterocycles. The predicted molar refractivity (Wildman–Crippen MR) is 29.9 cm³/mol. The van der Waals surface area contributed by atoms with E-state index in [1.807, 2.05) is 0 Å². The first kappa shape index (κ1) is 23.7. The van der Waals surface area contributed by atoms with Crippen molar-refractivity contribution in [3.05, 3.63) is 0 Å². The molecule has 0 aromatic rings. The quantitative estimate of drug-likeness (QED) is 0.458. The van der Waals surface area contributed by atoms with Crippen LogP contribution in [0, 0.1) is 0 Å². The molecular weight excluding hydrogens is 324 g/mol. The number of rotatable bonds is 2. The van der Waals surface area contributed by atoms with Gasteiger partial charge in [-0.15, -0.1) is 18.1 Å². The van der Waals surface area contributed by atoms with Crippen molar-refractivity contribution in [3.63, 3.8) is 0 Å². The van der Waals surface area contributed by atoms with Crippen LogP contribution in [0.2, 0.25) is 0 Å². The van der Waals surface area contributed by atoms with Gasteiger partial charge in [-0.05, 0) is 0 Å². The maximum atomic E-state index is 9.36. The van der Waals surface area contributed by atoms with E-state index in [2.05, 4.69) is 4.12 Å². The maximum Gasteiger partial charge on any atom is 2.00 e. The Labute approximate surface area is 119 Å². The van der Waals surface area contributed by atoms with Crippen molar-refractivity contribution in [1.29, 1.82) is 0 Å². The second-order valence-corrected chi connectivity index (χ2v) is 3.92. The molecule has 12 heavy (non-hydrogen) atoms. The van der Waals surface area contributed by atoms with Crippen molar-refractivity contribution in [2.75, 3.05) is 0 Å². The molecule has 12 heteroatoms. The smallest absolute Gasteiger partial charge is 0.862 e. The topological polar surface area (TPSA) is 148 Å². The largest absolute Gasteiger partial charge is 2.00 e. The minimum Gasteiger partial charge on any atom is -0.862 e. The number of hydrogen-bond donors (Lipinski definition) is 0. The van der Waals surface area contributed by atoms with Gasteiger partial charge in [0, 0.05) is 0 Å². The van der Waals surface area contributed by atoms with Gasteiger partial charge in [-0.1, -0.05) is 0 Å². The molecule has 0 aliphatic rings. The Morgan fingerprint density at radius 2 is 0.833 bits per heavy atom. The summed E-state index contributed by atoms with van der Waals surface area (Å²) in [6.07, 6.45) is 0. The van der Waals surface area contributed by atoms with Crippen LogP contribution in [-0.2, 0) is 4.12 Å². The Morgan fingerprint density at radius 1 is 0.667 bits per heavy atom. The van der Waals surface area contributed by atoms with Crippen molar-refractivity contribution in [1.82, 2.24) is 0 Å². The zero-order valence-corrected chi connectivity index (χ0v) is 12.4. The van der Waals surface area contributed by atoms with Gasteiger partial charge >= 0.3 is 69.1 Å². The fraction of sp³-hybridized carbons (Fsp3) is 0. The van der Waals surface area contributed by atoms with Crippen LogP contribution in [-0.4, -0.2) is 87.2 Å². The summed E-state index contributed by atoms with van der Waals surface area (Å²) in [4.78, 5) is 56.2. The summed E-state index contributed by atoms with van der Waals surface area (Å²) in [7, 11) is -11.8. The van der Waals surface area contributed by atoms with Crippen molar-refractivity contribution < 1.29 is 32.9 Å². The maximum absolute atomic E-state index is 9.36. The number of hydrogen-bond acceptors (Lipinski definition) is 7. The molecule has 0 spiro atoms. The standard InChI is InChI=1S/Ba.2Be.O7Si2/c;;;1-8(2,3)7-9(4,5)6/q3*+2;-6. The third-order valence-corrected chi connectivity index (χ3v) is 2.25. The van der Waals surface area contributed by atoms with Crippen molar-refractivity contribution in [2.24, 2.45) is 0 Å². The van der Waals surface area contributed by atoms with E-state index in [0.29, 0.717) is 0 Å². The second kappa shape index (κ2) is 8.38. The van der Waals surface area contributed by atoms with Crippen LogP contribution in [0.25, 0.3) is 0 Å². The molecule has 0 fully saturated rings. The Balaban J connectivity index is -0.000000107. The molecule has 0 unspecified atom stereocenters. The molecule has 0 bridgehead atoms. The molecular formula is BaBe2O7Si2. The van der Waals surface area contributed by atoms with Crippen molar-refractivity contribution in [2.45, 2.75) is 0 Å². The van der Waals surface area contributed by atoms with E-state index >= 15 is 0 Å². The van der Waals surface area contributed by atoms with Gasteiger partial charge in [0.1, 0.15) is 0 Å². The minimum atomic E-state index is -5.92. The molecule has 0 aromatic heterocycles. The summed E-state index contributed by atoms with van der Waals surface area (Å²) < 4.78 is 2.57. The van der Waals surface area contributed by atoms with Crippen LogP contribution in [0.15, 0.2) is 0 Å². The summed E-state index contributed by atoms with van der Waals surface area (Å²) in [5.74, 6) is 0.